The molecule has 0 spiro atoms. The lowest BCUT2D eigenvalue weighted by Crippen LogP contribution is -2.68. The average molecular weight is 665 g/mol. The molecule has 5 aliphatic rings. The molecule has 1 aliphatic heterocycles. The molecule has 7 N–H and O–H groups in total. The zero-order chi connectivity index (χ0) is 33.3. The van der Waals surface area contributed by atoms with Gasteiger partial charge in [0.15, 0.2) is 6.29 Å². The fourth-order valence-corrected chi connectivity index (χ4v) is 11.4. The number of ether oxygens (including phenoxy) is 2. The zero-order valence-corrected chi connectivity index (χ0v) is 28.1. The first-order chi connectivity index (χ1) is 20.8. The van der Waals surface area contributed by atoms with E-state index in [1.807, 2.05) is 13.8 Å². The second kappa shape index (κ2) is 12.8. The zero-order valence-electron chi connectivity index (χ0n) is 27.2. The molecular formula is C32H56O12S. The number of aliphatic hydroxyl groups is 6. The molecule has 4 aliphatic carbocycles. The molecule has 0 unspecified atom stereocenters. The van der Waals surface area contributed by atoms with E-state index in [1.54, 1.807) is 0 Å². The topological polar surface area (TPSA) is 203 Å². The van der Waals surface area contributed by atoms with Crippen LogP contribution >= 0.6 is 0 Å². The normalized spacial score (nSPS) is 50.0. The first-order valence-corrected chi connectivity index (χ1v) is 18.2. The van der Waals surface area contributed by atoms with Crippen molar-refractivity contribution in [1.29, 1.82) is 0 Å². The van der Waals surface area contributed by atoms with E-state index in [0.29, 0.717) is 25.7 Å². The highest BCUT2D eigenvalue weighted by Crippen LogP contribution is 2.70. The van der Waals surface area contributed by atoms with E-state index in [0.717, 1.165) is 19.3 Å². The van der Waals surface area contributed by atoms with Crippen LogP contribution in [-0.4, -0.2) is 105 Å². The highest BCUT2D eigenvalue weighted by atomic mass is 32.3. The fraction of sp³-hybridized carbons (Fsp3) is 1.00. The van der Waals surface area contributed by atoms with Gasteiger partial charge in [-0.2, -0.15) is 8.42 Å². The fourth-order valence-electron chi connectivity index (χ4n) is 10.9. The van der Waals surface area contributed by atoms with Gasteiger partial charge in [-0.25, -0.2) is 4.18 Å². The van der Waals surface area contributed by atoms with Gasteiger partial charge in [0, 0.05) is 12.3 Å². The summed E-state index contributed by atoms with van der Waals surface area (Å²) in [6, 6.07) is 0. The number of rotatable bonds is 9. The minimum Gasteiger partial charge on any atom is -0.393 e. The van der Waals surface area contributed by atoms with Crippen LogP contribution < -0.4 is 0 Å². The highest BCUT2D eigenvalue weighted by Gasteiger charge is 2.70. The summed E-state index contributed by atoms with van der Waals surface area (Å²) >= 11 is 0. The molecule has 0 aromatic rings. The Kier molecular flexibility index (Phi) is 10.2. The van der Waals surface area contributed by atoms with Crippen LogP contribution in [0, 0.1) is 46.3 Å². The third-order valence-electron chi connectivity index (χ3n) is 13.1. The van der Waals surface area contributed by atoms with Gasteiger partial charge < -0.3 is 40.1 Å². The largest absolute Gasteiger partial charge is 0.397 e. The van der Waals surface area contributed by atoms with Crippen molar-refractivity contribution in [1.82, 2.24) is 0 Å². The molecule has 5 rings (SSSR count). The van der Waals surface area contributed by atoms with E-state index in [1.165, 1.54) is 0 Å². The first kappa shape index (κ1) is 35.8. The molecular weight excluding hydrogens is 608 g/mol. The molecule has 12 nitrogen and oxygen atoms in total. The van der Waals surface area contributed by atoms with E-state index >= 15 is 0 Å². The molecule has 5 fully saturated rings. The van der Waals surface area contributed by atoms with Crippen molar-refractivity contribution in [3.8, 4) is 0 Å². The molecule has 0 amide bonds. The molecule has 0 aromatic heterocycles. The van der Waals surface area contributed by atoms with Crippen LogP contribution in [0.5, 0.6) is 0 Å². The maximum atomic E-state index is 12.6. The minimum atomic E-state index is -4.61. The maximum absolute atomic E-state index is 12.6. The molecule has 262 valence electrons. The van der Waals surface area contributed by atoms with Gasteiger partial charge in [0.1, 0.15) is 18.3 Å². The Labute approximate surface area is 267 Å². The van der Waals surface area contributed by atoms with Crippen LogP contribution in [0.25, 0.3) is 0 Å². The lowest BCUT2D eigenvalue weighted by molar-refractivity contribution is -0.287. The van der Waals surface area contributed by atoms with Crippen LogP contribution in [-0.2, 0) is 24.1 Å². The third-order valence-corrected chi connectivity index (χ3v) is 13.6. The molecule has 1 saturated heterocycles. The van der Waals surface area contributed by atoms with Crippen LogP contribution in [0.3, 0.4) is 0 Å². The predicted molar refractivity (Wildman–Crippen MR) is 162 cm³/mol. The molecule has 0 aromatic carbocycles. The first-order valence-electron chi connectivity index (χ1n) is 16.9. The Bertz CT molecular complexity index is 1150. The second-order valence-electron chi connectivity index (χ2n) is 16.0. The highest BCUT2D eigenvalue weighted by molar-refractivity contribution is 7.80. The standard InChI is InChI=1S/C32H56O12S/c1-16(2)24(43-29-27(37)26(36)23(35)15-42-29)7-6-17(3)19-13-21(33)28-31(19,5)11-9-25-30(4)10-8-18(44-45(39,40)41)12-20(30)22(34)14-32(25,28)38/h16-29,33-38H,6-15H2,1-5H3,(H,39,40,41)/t17-,18+,19-,20-,21-,22+,23+,24+,25+,26-,27+,28+,29-,30+,31-,32+/m1/s1. The lowest BCUT2D eigenvalue weighted by Gasteiger charge is -2.66. The predicted octanol–water partition coefficient (Wildman–Crippen LogP) is 1.79. The van der Waals surface area contributed by atoms with Gasteiger partial charge in [-0.3, -0.25) is 4.55 Å². The second-order valence-corrected chi connectivity index (χ2v) is 17.1. The molecule has 0 radical (unpaired) electrons. The van der Waals surface area contributed by atoms with E-state index in [4.69, 9.17) is 13.7 Å². The van der Waals surface area contributed by atoms with Crippen molar-refractivity contribution < 1.29 is 57.3 Å². The van der Waals surface area contributed by atoms with Gasteiger partial charge >= 0.3 is 10.4 Å². The van der Waals surface area contributed by atoms with Crippen molar-refractivity contribution in [3.05, 3.63) is 0 Å². The van der Waals surface area contributed by atoms with E-state index in [2.05, 4.69) is 20.8 Å². The molecule has 16 atom stereocenters. The van der Waals surface area contributed by atoms with Gasteiger partial charge in [0.25, 0.3) is 0 Å². The smallest absolute Gasteiger partial charge is 0.393 e. The SMILES string of the molecule is CC(C)[C@H](CC[C@@H](C)[C@H]1C[C@@H](O)[C@H]2[C@]1(C)CC[C@H]1[C@@]3(C)CC[C@H](OS(=O)(=O)O)C[C@@H]3[C@@H](O)C[C@]12O)O[C@H]1OC[C@H](O)[C@@H](O)[C@@H]1O. The summed E-state index contributed by atoms with van der Waals surface area (Å²) in [6.45, 7) is 10.3. The van der Waals surface area contributed by atoms with Crippen LogP contribution in [0.15, 0.2) is 0 Å². The van der Waals surface area contributed by atoms with Crippen molar-refractivity contribution in [3.63, 3.8) is 0 Å². The quantitative estimate of drug-likeness (QED) is 0.176. The Hall–Kier alpha value is -0.450. The molecule has 1 heterocycles. The van der Waals surface area contributed by atoms with Gasteiger partial charge in [-0.1, -0.05) is 34.6 Å². The minimum absolute atomic E-state index is 0.0982. The molecule has 45 heavy (non-hydrogen) atoms. The summed E-state index contributed by atoms with van der Waals surface area (Å²) in [5, 5.41) is 66.0. The molecule has 4 saturated carbocycles. The Morgan fingerprint density at radius 3 is 2.20 bits per heavy atom. The number of fused-ring (bicyclic) bond motifs is 5. The third kappa shape index (κ3) is 6.50. The Morgan fingerprint density at radius 1 is 0.889 bits per heavy atom. The van der Waals surface area contributed by atoms with Crippen molar-refractivity contribution in [2.75, 3.05) is 6.61 Å². The number of hydrogen-bond donors (Lipinski definition) is 7. The van der Waals surface area contributed by atoms with E-state index in [9.17, 15) is 43.6 Å². The summed E-state index contributed by atoms with van der Waals surface area (Å²) in [4.78, 5) is 0. The van der Waals surface area contributed by atoms with Crippen LogP contribution in [0.4, 0.5) is 0 Å². The van der Waals surface area contributed by atoms with E-state index < -0.39 is 70.2 Å². The summed E-state index contributed by atoms with van der Waals surface area (Å²) in [5.74, 6) is -0.516. The molecule has 0 bridgehead atoms. The Morgan fingerprint density at radius 2 is 1.56 bits per heavy atom. The summed E-state index contributed by atoms with van der Waals surface area (Å²) < 4.78 is 48.5. The van der Waals surface area contributed by atoms with Crippen LogP contribution in [0.1, 0.15) is 92.4 Å². The lowest BCUT2D eigenvalue weighted by atomic mass is 9.42. The van der Waals surface area contributed by atoms with Gasteiger partial charge in [-0.05, 0) is 91.8 Å². The van der Waals surface area contributed by atoms with Crippen LogP contribution in [0.2, 0.25) is 0 Å². The van der Waals surface area contributed by atoms with Gasteiger partial charge in [0.2, 0.25) is 0 Å². The van der Waals surface area contributed by atoms with E-state index in [-0.39, 0.29) is 60.6 Å². The van der Waals surface area contributed by atoms with Crippen molar-refractivity contribution in [2.24, 2.45) is 46.3 Å². The van der Waals surface area contributed by atoms with Gasteiger partial charge in [0.05, 0.1) is 36.6 Å². The summed E-state index contributed by atoms with van der Waals surface area (Å²) in [6.07, 6.45) is -2.73. The van der Waals surface area contributed by atoms with Crippen molar-refractivity contribution in [2.45, 2.75) is 147 Å². The Balaban J connectivity index is 1.29. The monoisotopic (exact) mass is 664 g/mol. The van der Waals surface area contributed by atoms with Crippen molar-refractivity contribution >= 4 is 10.4 Å². The summed E-state index contributed by atoms with van der Waals surface area (Å²) in [5.41, 5.74) is -2.13. The average Bonchev–Trinajstić information content (AvgIpc) is 3.21. The van der Waals surface area contributed by atoms with Gasteiger partial charge in [-0.15, -0.1) is 0 Å². The number of aliphatic hydroxyl groups excluding tert-OH is 5. The summed E-state index contributed by atoms with van der Waals surface area (Å²) in [7, 11) is -4.61. The maximum Gasteiger partial charge on any atom is 0.397 e. The number of hydrogen-bond acceptors (Lipinski definition) is 11. The molecule has 13 heteroatoms.